The lowest BCUT2D eigenvalue weighted by Gasteiger charge is -2.21. The summed E-state index contributed by atoms with van der Waals surface area (Å²) >= 11 is 0. The van der Waals surface area contributed by atoms with Crippen molar-refractivity contribution in [3.63, 3.8) is 0 Å². The summed E-state index contributed by atoms with van der Waals surface area (Å²) in [5, 5.41) is 2.46. The van der Waals surface area contributed by atoms with Gasteiger partial charge in [-0.05, 0) is 49.4 Å². The van der Waals surface area contributed by atoms with Crippen LogP contribution in [0.25, 0.3) is 0 Å². The van der Waals surface area contributed by atoms with Crippen molar-refractivity contribution in [2.45, 2.75) is 18.4 Å². The molecule has 9 nitrogen and oxygen atoms in total. The second-order valence-electron chi connectivity index (χ2n) is 7.28. The fourth-order valence-corrected chi connectivity index (χ4v) is 4.82. The van der Waals surface area contributed by atoms with Crippen LogP contribution in [0.1, 0.15) is 11.3 Å². The Kier molecular flexibility index (Phi) is 7.20. The number of furan rings is 1. The molecule has 0 atom stereocenters. The predicted octanol–water partition coefficient (Wildman–Crippen LogP) is 2.93. The highest BCUT2D eigenvalue weighted by atomic mass is 32.2. The van der Waals surface area contributed by atoms with Gasteiger partial charge in [0, 0.05) is 5.69 Å². The van der Waals surface area contributed by atoms with Crippen molar-refractivity contribution >= 4 is 37.3 Å². The SMILES string of the molecule is Cc1ccc(S(=O)(=O)N(CC(=O)Nc2ccc(F)c(NS(C)(=O)=O)c2)Cc2ccco2)cc1. The first-order valence-electron chi connectivity index (χ1n) is 9.60. The molecule has 12 heteroatoms. The molecule has 33 heavy (non-hydrogen) atoms. The summed E-state index contributed by atoms with van der Waals surface area (Å²) in [6, 6.07) is 12.7. The van der Waals surface area contributed by atoms with Crippen LogP contribution >= 0.6 is 0 Å². The average molecular weight is 496 g/mol. The van der Waals surface area contributed by atoms with Crippen molar-refractivity contribution in [3.8, 4) is 0 Å². The molecule has 0 spiro atoms. The van der Waals surface area contributed by atoms with E-state index in [1.165, 1.54) is 24.5 Å². The third-order valence-corrected chi connectivity index (χ3v) is 6.83. The van der Waals surface area contributed by atoms with Gasteiger partial charge in [-0.15, -0.1) is 0 Å². The molecule has 0 bridgehead atoms. The van der Waals surface area contributed by atoms with Gasteiger partial charge in [0.2, 0.25) is 26.0 Å². The molecule has 1 amide bonds. The molecule has 1 heterocycles. The highest BCUT2D eigenvalue weighted by Crippen LogP contribution is 2.22. The first-order valence-corrected chi connectivity index (χ1v) is 12.9. The lowest BCUT2D eigenvalue weighted by molar-refractivity contribution is -0.116. The molecule has 0 radical (unpaired) electrons. The molecule has 0 unspecified atom stereocenters. The Hall–Kier alpha value is -3.22. The zero-order valence-corrected chi connectivity index (χ0v) is 19.4. The molecule has 176 valence electrons. The summed E-state index contributed by atoms with van der Waals surface area (Å²) in [5.41, 5.74) is 0.604. The van der Waals surface area contributed by atoms with Crippen molar-refractivity contribution in [1.29, 1.82) is 0 Å². The molecule has 2 N–H and O–H groups in total. The molecule has 0 aliphatic rings. The summed E-state index contributed by atoms with van der Waals surface area (Å²) in [6.45, 7) is 1.06. The average Bonchev–Trinajstić information content (AvgIpc) is 3.22. The number of benzene rings is 2. The van der Waals surface area contributed by atoms with Gasteiger partial charge in [0.05, 0.1) is 36.2 Å². The number of aryl methyl sites for hydroxylation is 1. The minimum Gasteiger partial charge on any atom is -0.468 e. The predicted molar refractivity (Wildman–Crippen MR) is 121 cm³/mol. The summed E-state index contributed by atoms with van der Waals surface area (Å²) in [4.78, 5) is 12.7. The van der Waals surface area contributed by atoms with E-state index in [0.717, 1.165) is 28.3 Å². The van der Waals surface area contributed by atoms with Crippen LogP contribution in [0.3, 0.4) is 0 Å². The standard InChI is InChI=1S/C21H22FN3O6S2/c1-15-5-8-18(9-6-15)33(29,30)25(13-17-4-3-11-31-17)14-21(26)23-16-7-10-19(22)20(12-16)24-32(2,27)28/h3-12,24H,13-14H2,1-2H3,(H,23,26). The van der Waals surface area contributed by atoms with Gasteiger partial charge in [-0.2, -0.15) is 4.31 Å². The Labute approximate surface area is 191 Å². The van der Waals surface area contributed by atoms with Crippen molar-refractivity contribution in [2.24, 2.45) is 0 Å². The summed E-state index contributed by atoms with van der Waals surface area (Å²) in [6.07, 6.45) is 2.25. The van der Waals surface area contributed by atoms with Crippen LogP contribution in [-0.2, 0) is 31.4 Å². The zero-order chi connectivity index (χ0) is 24.2. The first kappa shape index (κ1) is 24.4. The van der Waals surface area contributed by atoms with Gasteiger partial charge >= 0.3 is 0 Å². The van der Waals surface area contributed by atoms with Crippen molar-refractivity contribution < 1.29 is 30.4 Å². The highest BCUT2D eigenvalue weighted by molar-refractivity contribution is 7.92. The number of nitrogens with one attached hydrogen (secondary N) is 2. The number of hydrogen-bond donors (Lipinski definition) is 2. The molecular weight excluding hydrogens is 473 g/mol. The first-order chi connectivity index (χ1) is 15.4. The van der Waals surface area contributed by atoms with Crippen LogP contribution in [0, 0.1) is 12.7 Å². The maximum Gasteiger partial charge on any atom is 0.243 e. The fourth-order valence-electron chi connectivity index (χ4n) is 2.90. The van der Waals surface area contributed by atoms with Gasteiger partial charge in [-0.3, -0.25) is 9.52 Å². The summed E-state index contributed by atoms with van der Waals surface area (Å²) in [5.74, 6) is -1.21. The van der Waals surface area contributed by atoms with Crippen LogP contribution in [0.5, 0.6) is 0 Å². The van der Waals surface area contributed by atoms with Crippen molar-refractivity contribution in [2.75, 3.05) is 22.8 Å². The van der Waals surface area contributed by atoms with Crippen LogP contribution in [0.2, 0.25) is 0 Å². The molecule has 3 aromatic rings. The van der Waals surface area contributed by atoms with E-state index in [-0.39, 0.29) is 22.8 Å². The number of carbonyl (C=O) groups excluding carboxylic acids is 1. The quantitative estimate of drug-likeness (QED) is 0.470. The topological polar surface area (TPSA) is 126 Å². The van der Waals surface area contributed by atoms with E-state index < -0.39 is 38.3 Å². The molecule has 2 aromatic carbocycles. The number of carbonyl (C=O) groups is 1. The number of rotatable bonds is 9. The molecular formula is C21H22FN3O6S2. The molecule has 1 aromatic heterocycles. The van der Waals surface area contributed by atoms with E-state index in [2.05, 4.69) is 5.32 Å². The molecule has 0 fully saturated rings. The van der Waals surface area contributed by atoms with E-state index in [1.54, 1.807) is 24.3 Å². The monoisotopic (exact) mass is 495 g/mol. The largest absolute Gasteiger partial charge is 0.468 e. The van der Waals surface area contributed by atoms with E-state index in [0.29, 0.717) is 5.76 Å². The number of anilines is 2. The van der Waals surface area contributed by atoms with Gasteiger partial charge in [0.25, 0.3) is 0 Å². The van der Waals surface area contributed by atoms with Crippen LogP contribution < -0.4 is 10.0 Å². The number of nitrogens with zero attached hydrogens (tertiary/aromatic N) is 1. The number of hydrogen-bond acceptors (Lipinski definition) is 6. The second kappa shape index (κ2) is 9.73. The molecule has 0 aliphatic carbocycles. The Morgan fingerprint density at radius 2 is 1.76 bits per heavy atom. The Morgan fingerprint density at radius 1 is 1.06 bits per heavy atom. The number of sulfonamides is 2. The Bertz CT molecular complexity index is 1340. The minimum absolute atomic E-state index is 0.00822. The van der Waals surface area contributed by atoms with Gasteiger partial charge in [0.15, 0.2) is 0 Å². The molecule has 0 saturated carbocycles. The van der Waals surface area contributed by atoms with Crippen LogP contribution in [-0.4, -0.2) is 39.8 Å². The maximum absolute atomic E-state index is 13.9. The Morgan fingerprint density at radius 3 is 2.36 bits per heavy atom. The van der Waals surface area contributed by atoms with Crippen LogP contribution in [0.15, 0.2) is 70.2 Å². The lowest BCUT2D eigenvalue weighted by Crippen LogP contribution is -2.37. The van der Waals surface area contributed by atoms with Gasteiger partial charge < -0.3 is 9.73 Å². The maximum atomic E-state index is 13.9. The summed E-state index contributed by atoms with van der Waals surface area (Å²) in [7, 11) is -7.81. The van der Waals surface area contributed by atoms with Crippen molar-refractivity contribution in [1.82, 2.24) is 4.31 Å². The highest BCUT2D eigenvalue weighted by Gasteiger charge is 2.28. The van der Waals surface area contributed by atoms with Gasteiger partial charge in [-0.1, -0.05) is 17.7 Å². The number of amides is 1. The van der Waals surface area contributed by atoms with E-state index in [1.807, 2.05) is 11.6 Å². The van der Waals surface area contributed by atoms with E-state index >= 15 is 0 Å². The smallest absolute Gasteiger partial charge is 0.243 e. The molecule has 3 rings (SSSR count). The van der Waals surface area contributed by atoms with Crippen molar-refractivity contribution in [3.05, 3.63) is 78.0 Å². The normalized spacial score (nSPS) is 12.0. The van der Waals surface area contributed by atoms with E-state index in [4.69, 9.17) is 4.42 Å². The Balaban J connectivity index is 1.83. The minimum atomic E-state index is -4.06. The lowest BCUT2D eigenvalue weighted by atomic mass is 10.2. The third kappa shape index (κ3) is 6.63. The second-order valence-corrected chi connectivity index (χ2v) is 11.0. The summed E-state index contributed by atoms with van der Waals surface area (Å²) < 4.78 is 71.3. The fraction of sp³-hybridized carbons (Fsp3) is 0.190. The third-order valence-electron chi connectivity index (χ3n) is 4.44. The molecule has 0 aliphatic heterocycles. The van der Waals surface area contributed by atoms with Gasteiger partial charge in [0.1, 0.15) is 11.6 Å². The van der Waals surface area contributed by atoms with E-state index in [9.17, 15) is 26.0 Å². The number of halogens is 1. The van der Waals surface area contributed by atoms with Gasteiger partial charge in [-0.25, -0.2) is 21.2 Å². The molecule has 0 saturated heterocycles. The zero-order valence-electron chi connectivity index (χ0n) is 17.8. The van der Waals surface area contributed by atoms with Crippen LogP contribution in [0.4, 0.5) is 15.8 Å².